The van der Waals surface area contributed by atoms with Crippen molar-refractivity contribution in [2.75, 3.05) is 6.54 Å². The van der Waals surface area contributed by atoms with E-state index >= 15 is 0 Å². The van der Waals surface area contributed by atoms with E-state index in [1.165, 1.54) is 38.6 Å². The summed E-state index contributed by atoms with van der Waals surface area (Å²) in [6.07, 6.45) is 9.09. The number of nitrogens with one attached hydrogen (secondary N) is 1. The van der Waals surface area contributed by atoms with Crippen LogP contribution >= 0.6 is 0 Å². The number of rotatable bonds is 0. The number of hydrogen-bond acceptors (Lipinski definition) is 1. The van der Waals surface area contributed by atoms with Gasteiger partial charge in [0.05, 0.1) is 0 Å². The van der Waals surface area contributed by atoms with Crippen LogP contribution in [0.2, 0.25) is 0 Å². The molecule has 0 amide bonds. The minimum atomic E-state index is 0.916. The van der Waals surface area contributed by atoms with E-state index in [2.05, 4.69) is 11.9 Å². The number of allylic oxidation sites excluding steroid dienone is 1. The zero-order valence-electron chi connectivity index (χ0n) is 8.18. The van der Waals surface area contributed by atoms with Crippen LogP contribution in [-0.4, -0.2) is 12.6 Å². The molecule has 2 rings (SSSR count). The van der Waals surface area contributed by atoms with Crippen molar-refractivity contribution in [3.63, 3.8) is 0 Å². The summed E-state index contributed by atoms with van der Waals surface area (Å²) >= 11 is 0. The van der Waals surface area contributed by atoms with E-state index in [1.54, 1.807) is 6.08 Å². The average molecular weight is 167 g/mol. The summed E-state index contributed by atoms with van der Waals surface area (Å²) in [6.45, 7) is 6.53. The summed E-state index contributed by atoms with van der Waals surface area (Å²) in [5.41, 5.74) is 0. The van der Waals surface area contributed by atoms with Crippen LogP contribution in [0.25, 0.3) is 0 Å². The maximum absolute atomic E-state index is 3.58. The lowest BCUT2D eigenvalue weighted by Gasteiger charge is -2.26. The Morgan fingerprint density at radius 2 is 1.92 bits per heavy atom. The zero-order chi connectivity index (χ0) is 8.81. The van der Waals surface area contributed by atoms with Gasteiger partial charge in [-0.15, -0.1) is 6.58 Å². The van der Waals surface area contributed by atoms with Gasteiger partial charge in [-0.1, -0.05) is 12.5 Å². The Hall–Kier alpha value is -0.300. The van der Waals surface area contributed by atoms with Gasteiger partial charge in [0.2, 0.25) is 0 Å². The molecule has 1 aliphatic heterocycles. The second kappa shape index (κ2) is 5.36. The van der Waals surface area contributed by atoms with Gasteiger partial charge in [0.15, 0.2) is 0 Å². The molecule has 0 aromatic heterocycles. The highest BCUT2D eigenvalue weighted by atomic mass is 14.9. The molecule has 1 saturated heterocycles. The Kier molecular flexibility index (Phi) is 4.37. The van der Waals surface area contributed by atoms with Crippen molar-refractivity contribution in [2.45, 2.75) is 45.1 Å². The first-order valence-corrected chi connectivity index (χ1v) is 5.19. The van der Waals surface area contributed by atoms with Gasteiger partial charge >= 0.3 is 0 Å². The lowest BCUT2D eigenvalue weighted by atomic mass is 9.94. The fraction of sp³-hybridized carbons (Fsp3) is 0.818. The quantitative estimate of drug-likeness (QED) is 0.547. The van der Waals surface area contributed by atoms with Crippen LogP contribution in [0.1, 0.15) is 39.0 Å². The highest BCUT2D eigenvalue weighted by Gasteiger charge is 2.28. The van der Waals surface area contributed by atoms with Crippen LogP contribution in [0.5, 0.6) is 0 Å². The van der Waals surface area contributed by atoms with Crippen molar-refractivity contribution < 1.29 is 0 Å². The van der Waals surface area contributed by atoms with E-state index in [0.717, 1.165) is 12.0 Å². The van der Waals surface area contributed by atoms with Crippen LogP contribution in [0.4, 0.5) is 0 Å². The molecule has 0 aromatic rings. The molecule has 1 heteroatoms. The lowest BCUT2D eigenvalue weighted by Crippen LogP contribution is -2.37. The Morgan fingerprint density at radius 1 is 1.25 bits per heavy atom. The Balaban J connectivity index is 0.000000213. The zero-order valence-corrected chi connectivity index (χ0v) is 8.18. The summed E-state index contributed by atoms with van der Waals surface area (Å²) < 4.78 is 0. The van der Waals surface area contributed by atoms with Gasteiger partial charge in [-0.2, -0.15) is 0 Å². The number of fused-ring (bicyclic) bond motifs is 1. The van der Waals surface area contributed by atoms with Crippen LogP contribution in [0.15, 0.2) is 12.7 Å². The van der Waals surface area contributed by atoms with Gasteiger partial charge in [0, 0.05) is 6.04 Å². The predicted octanol–water partition coefficient (Wildman–Crippen LogP) is 2.73. The van der Waals surface area contributed by atoms with Crippen molar-refractivity contribution in [1.29, 1.82) is 0 Å². The van der Waals surface area contributed by atoms with E-state index in [-0.39, 0.29) is 0 Å². The molecule has 2 unspecified atom stereocenters. The fourth-order valence-corrected chi connectivity index (χ4v) is 2.30. The average Bonchev–Trinajstić information content (AvgIpc) is 2.52. The Morgan fingerprint density at radius 3 is 2.58 bits per heavy atom. The van der Waals surface area contributed by atoms with Gasteiger partial charge in [0.25, 0.3) is 0 Å². The molecular weight excluding hydrogens is 146 g/mol. The van der Waals surface area contributed by atoms with Gasteiger partial charge in [-0.25, -0.2) is 0 Å². The Bertz CT molecular complexity index is 119. The second-order valence-corrected chi connectivity index (χ2v) is 3.80. The minimum Gasteiger partial charge on any atom is -0.314 e. The summed E-state index contributed by atoms with van der Waals surface area (Å²) in [7, 11) is 0. The topological polar surface area (TPSA) is 12.0 Å². The monoisotopic (exact) mass is 167 g/mol. The highest BCUT2D eigenvalue weighted by molar-refractivity contribution is 4.86. The molecule has 1 nitrogen and oxygen atoms in total. The smallest absolute Gasteiger partial charge is 0.00953 e. The molecule has 0 aromatic carbocycles. The van der Waals surface area contributed by atoms with Crippen molar-refractivity contribution >= 4 is 0 Å². The molecule has 1 aliphatic carbocycles. The van der Waals surface area contributed by atoms with Crippen LogP contribution in [-0.2, 0) is 0 Å². The maximum atomic E-state index is 3.58. The molecule has 1 N–H and O–H groups in total. The largest absolute Gasteiger partial charge is 0.314 e. The molecule has 2 fully saturated rings. The summed E-state index contributed by atoms with van der Waals surface area (Å²) in [5, 5.41) is 3.58. The van der Waals surface area contributed by atoms with Crippen molar-refractivity contribution in [3.05, 3.63) is 12.7 Å². The molecule has 12 heavy (non-hydrogen) atoms. The van der Waals surface area contributed by atoms with Crippen molar-refractivity contribution in [1.82, 2.24) is 5.32 Å². The molecule has 2 aliphatic rings. The predicted molar refractivity (Wildman–Crippen MR) is 54.2 cm³/mol. The second-order valence-electron chi connectivity index (χ2n) is 3.80. The number of hydrogen-bond donors (Lipinski definition) is 1. The molecular formula is C11H21N. The minimum absolute atomic E-state index is 0.916. The summed E-state index contributed by atoms with van der Waals surface area (Å²) in [5.74, 6) is 1.05. The molecule has 1 heterocycles. The van der Waals surface area contributed by atoms with Gasteiger partial charge in [0.1, 0.15) is 0 Å². The fourth-order valence-electron chi connectivity index (χ4n) is 2.30. The molecule has 0 spiro atoms. The normalized spacial score (nSPS) is 33.1. The van der Waals surface area contributed by atoms with Crippen LogP contribution in [0, 0.1) is 5.92 Å². The van der Waals surface area contributed by atoms with Crippen molar-refractivity contribution in [3.8, 4) is 0 Å². The Labute approximate surface area is 76.2 Å². The van der Waals surface area contributed by atoms with E-state index in [1.807, 2.05) is 6.92 Å². The third-order valence-electron chi connectivity index (χ3n) is 2.82. The van der Waals surface area contributed by atoms with E-state index in [0.29, 0.717) is 0 Å². The summed E-state index contributed by atoms with van der Waals surface area (Å²) in [4.78, 5) is 0. The van der Waals surface area contributed by atoms with E-state index < -0.39 is 0 Å². The molecule has 0 radical (unpaired) electrons. The van der Waals surface area contributed by atoms with Gasteiger partial charge < -0.3 is 5.32 Å². The maximum Gasteiger partial charge on any atom is 0.00953 e. The molecule has 1 saturated carbocycles. The highest BCUT2D eigenvalue weighted by Crippen LogP contribution is 2.31. The molecule has 0 bridgehead atoms. The third-order valence-corrected chi connectivity index (χ3v) is 2.82. The van der Waals surface area contributed by atoms with Gasteiger partial charge in [-0.05, 0) is 45.1 Å². The first-order valence-electron chi connectivity index (χ1n) is 5.19. The lowest BCUT2D eigenvalue weighted by molar-refractivity contribution is 0.318. The molecule has 2 atom stereocenters. The van der Waals surface area contributed by atoms with E-state index in [9.17, 15) is 0 Å². The third kappa shape index (κ3) is 2.63. The van der Waals surface area contributed by atoms with Crippen LogP contribution < -0.4 is 5.32 Å². The van der Waals surface area contributed by atoms with Crippen molar-refractivity contribution in [2.24, 2.45) is 5.92 Å². The SMILES string of the molecule is C1CNC2CCCC2C1.C=CC. The first kappa shape index (κ1) is 9.79. The first-order chi connectivity index (χ1) is 5.88. The number of piperidine rings is 1. The van der Waals surface area contributed by atoms with Crippen LogP contribution in [0.3, 0.4) is 0 Å². The molecule has 70 valence electrons. The summed E-state index contributed by atoms with van der Waals surface area (Å²) in [6, 6.07) is 0.916. The standard InChI is InChI=1S/C8H15N.C3H6/c1-3-7-4-2-6-9-8(7)5-1;1-3-2/h7-9H,1-6H2;3H,1H2,2H3. The van der Waals surface area contributed by atoms with E-state index in [4.69, 9.17) is 0 Å². The van der Waals surface area contributed by atoms with Gasteiger partial charge in [-0.3, -0.25) is 0 Å².